The molecular formula is C13H18ClN3O2. The first-order valence-corrected chi connectivity index (χ1v) is 7.19. The molecule has 6 heteroatoms. The van der Waals surface area contributed by atoms with Crippen molar-refractivity contribution in [3.63, 3.8) is 0 Å². The third kappa shape index (κ3) is 2.92. The molecule has 5 nitrogen and oxygen atoms in total. The predicted octanol–water partition coefficient (Wildman–Crippen LogP) is 1.49. The van der Waals surface area contributed by atoms with Gasteiger partial charge in [0, 0.05) is 13.1 Å². The molecular weight excluding hydrogens is 266 g/mol. The quantitative estimate of drug-likeness (QED) is 0.859. The van der Waals surface area contributed by atoms with Crippen molar-refractivity contribution < 1.29 is 5.11 Å². The van der Waals surface area contributed by atoms with E-state index in [4.69, 9.17) is 11.6 Å². The lowest BCUT2D eigenvalue weighted by atomic mass is 9.82. The second kappa shape index (κ2) is 5.13. The lowest BCUT2D eigenvalue weighted by Gasteiger charge is -2.31. The molecule has 19 heavy (non-hydrogen) atoms. The van der Waals surface area contributed by atoms with Crippen LogP contribution in [-0.2, 0) is 6.54 Å². The molecule has 0 bridgehead atoms. The molecule has 104 valence electrons. The highest BCUT2D eigenvalue weighted by Gasteiger charge is 2.27. The maximum atomic E-state index is 12.2. The second-order valence-corrected chi connectivity index (χ2v) is 6.08. The molecule has 2 fully saturated rings. The molecule has 2 aliphatic rings. The monoisotopic (exact) mass is 283 g/mol. The van der Waals surface area contributed by atoms with Gasteiger partial charge in [-0.3, -0.25) is 4.79 Å². The summed E-state index contributed by atoms with van der Waals surface area (Å²) in [5.74, 6) is 1.02. The van der Waals surface area contributed by atoms with Gasteiger partial charge in [-0.05, 0) is 37.5 Å². The summed E-state index contributed by atoms with van der Waals surface area (Å²) in [5.41, 5.74) is 0.304. The van der Waals surface area contributed by atoms with Gasteiger partial charge in [-0.25, -0.2) is 4.68 Å². The van der Waals surface area contributed by atoms with Crippen molar-refractivity contribution in [1.29, 1.82) is 0 Å². The van der Waals surface area contributed by atoms with Gasteiger partial charge in [0.1, 0.15) is 5.69 Å². The summed E-state index contributed by atoms with van der Waals surface area (Å²) in [5, 5.41) is 16.8. The molecule has 2 saturated carbocycles. The SMILES string of the molecule is O=c1c(NCC2CC(O)C2)c(Cl)cnn1CC1CC1. The normalized spacial score (nSPS) is 26.0. The van der Waals surface area contributed by atoms with Crippen LogP contribution in [0.2, 0.25) is 5.02 Å². The number of nitrogens with zero attached hydrogens (tertiary/aromatic N) is 2. The van der Waals surface area contributed by atoms with E-state index in [9.17, 15) is 9.90 Å². The first-order chi connectivity index (χ1) is 9.13. The van der Waals surface area contributed by atoms with Crippen LogP contribution in [0.1, 0.15) is 25.7 Å². The van der Waals surface area contributed by atoms with E-state index in [1.165, 1.54) is 23.7 Å². The topological polar surface area (TPSA) is 67.2 Å². The number of hydrogen-bond acceptors (Lipinski definition) is 4. The molecule has 2 N–H and O–H groups in total. The Bertz CT molecular complexity index is 521. The summed E-state index contributed by atoms with van der Waals surface area (Å²) in [4.78, 5) is 12.2. The van der Waals surface area contributed by atoms with E-state index in [2.05, 4.69) is 10.4 Å². The van der Waals surface area contributed by atoms with E-state index in [0.29, 0.717) is 35.6 Å². The van der Waals surface area contributed by atoms with Gasteiger partial charge in [0.25, 0.3) is 5.56 Å². The number of rotatable bonds is 5. The van der Waals surface area contributed by atoms with Gasteiger partial charge in [-0.2, -0.15) is 5.10 Å². The summed E-state index contributed by atoms with van der Waals surface area (Å²) < 4.78 is 1.50. The largest absolute Gasteiger partial charge is 0.393 e. The Labute approximate surface area is 116 Å². The Morgan fingerprint density at radius 2 is 2.16 bits per heavy atom. The van der Waals surface area contributed by atoms with Crippen molar-refractivity contribution in [1.82, 2.24) is 9.78 Å². The third-order valence-electron chi connectivity index (χ3n) is 3.90. The number of nitrogens with one attached hydrogen (secondary N) is 1. The summed E-state index contributed by atoms with van der Waals surface area (Å²) in [6.45, 7) is 1.37. The molecule has 0 spiro atoms. The molecule has 1 heterocycles. The van der Waals surface area contributed by atoms with Crippen LogP contribution in [0, 0.1) is 11.8 Å². The lowest BCUT2D eigenvalue weighted by molar-refractivity contribution is 0.0487. The molecule has 0 saturated heterocycles. The van der Waals surface area contributed by atoms with E-state index in [0.717, 1.165) is 12.8 Å². The number of anilines is 1. The fraction of sp³-hybridized carbons (Fsp3) is 0.692. The number of aromatic nitrogens is 2. The highest BCUT2D eigenvalue weighted by molar-refractivity contribution is 6.32. The van der Waals surface area contributed by atoms with E-state index < -0.39 is 0 Å². The Hall–Kier alpha value is -1.07. The minimum Gasteiger partial charge on any atom is -0.393 e. The van der Waals surface area contributed by atoms with Crippen LogP contribution in [0.15, 0.2) is 11.0 Å². The molecule has 1 aromatic rings. The van der Waals surface area contributed by atoms with Crippen LogP contribution in [0.5, 0.6) is 0 Å². The van der Waals surface area contributed by atoms with Gasteiger partial charge in [-0.15, -0.1) is 0 Å². The zero-order chi connectivity index (χ0) is 13.4. The lowest BCUT2D eigenvalue weighted by Crippen LogP contribution is -2.35. The van der Waals surface area contributed by atoms with Crippen LogP contribution < -0.4 is 10.9 Å². The molecule has 0 aromatic carbocycles. The summed E-state index contributed by atoms with van der Waals surface area (Å²) >= 11 is 6.04. The molecule has 0 amide bonds. The molecule has 0 aliphatic heterocycles. The highest BCUT2D eigenvalue weighted by Crippen LogP contribution is 2.30. The standard InChI is InChI=1S/C13H18ClN3O2/c14-11-6-16-17(7-8-1-2-8)13(19)12(11)15-5-9-3-10(18)4-9/h6,8-10,15,18H,1-5,7H2. The summed E-state index contributed by atoms with van der Waals surface area (Å²) in [6.07, 6.45) is 5.31. The number of aliphatic hydroxyl groups is 1. The molecule has 1 aromatic heterocycles. The first kappa shape index (κ1) is 12.9. The van der Waals surface area contributed by atoms with E-state index in [1.54, 1.807) is 0 Å². The van der Waals surface area contributed by atoms with E-state index >= 15 is 0 Å². The van der Waals surface area contributed by atoms with Gasteiger partial charge in [-0.1, -0.05) is 11.6 Å². The minimum atomic E-state index is -0.175. The van der Waals surface area contributed by atoms with Crippen molar-refractivity contribution >= 4 is 17.3 Å². The van der Waals surface area contributed by atoms with Gasteiger partial charge < -0.3 is 10.4 Å². The molecule has 0 radical (unpaired) electrons. The zero-order valence-corrected chi connectivity index (χ0v) is 11.4. The first-order valence-electron chi connectivity index (χ1n) is 6.81. The predicted molar refractivity (Wildman–Crippen MR) is 73.5 cm³/mol. The van der Waals surface area contributed by atoms with E-state index in [-0.39, 0.29) is 11.7 Å². The summed E-state index contributed by atoms with van der Waals surface area (Å²) in [6, 6.07) is 0. The van der Waals surface area contributed by atoms with Crippen LogP contribution in [0.4, 0.5) is 5.69 Å². The van der Waals surface area contributed by atoms with E-state index in [1.807, 2.05) is 0 Å². The number of aliphatic hydroxyl groups excluding tert-OH is 1. The Morgan fingerprint density at radius 3 is 2.79 bits per heavy atom. The van der Waals surface area contributed by atoms with Crippen molar-refractivity contribution in [2.24, 2.45) is 11.8 Å². The van der Waals surface area contributed by atoms with Gasteiger partial charge in [0.05, 0.1) is 17.3 Å². The van der Waals surface area contributed by atoms with Gasteiger partial charge in [0.2, 0.25) is 0 Å². The fourth-order valence-corrected chi connectivity index (χ4v) is 2.61. The Morgan fingerprint density at radius 1 is 1.42 bits per heavy atom. The maximum absolute atomic E-state index is 12.2. The van der Waals surface area contributed by atoms with Crippen molar-refractivity contribution in [2.45, 2.75) is 38.3 Å². The second-order valence-electron chi connectivity index (χ2n) is 5.67. The van der Waals surface area contributed by atoms with Gasteiger partial charge >= 0.3 is 0 Å². The van der Waals surface area contributed by atoms with Gasteiger partial charge in [0.15, 0.2) is 0 Å². The van der Waals surface area contributed by atoms with Crippen LogP contribution in [0.3, 0.4) is 0 Å². The van der Waals surface area contributed by atoms with Crippen molar-refractivity contribution in [3.8, 4) is 0 Å². The number of halogens is 1. The Balaban J connectivity index is 1.69. The summed E-state index contributed by atoms with van der Waals surface area (Å²) in [7, 11) is 0. The van der Waals surface area contributed by atoms with Crippen molar-refractivity contribution in [2.75, 3.05) is 11.9 Å². The molecule has 0 atom stereocenters. The van der Waals surface area contributed by atoms with Crippen LogP contribution in [0.25, 0.3) is 0 Å². The average Bonchev–Trinajstić information content (AvgIpc) is 3.14. The third-order valence-corrected chi connectivity index (χ3v) is 4.19. The minimum absolute atomic E-state index is 0.140. The molecule has 2 aliphatic carbocycles. The number of hydrogen-bond donors (Lipinski definition) is 2. The van der Waals surface area contributed by atoms with Crippen molar-refractivity contribution in [3.05, 3.63) is 21.6 Å². The fourth-order valence-electron chi connectivity index (χ4n) is 2.42. The average molecular weight is 284 g/mol. The maximum Gasteiger partial charge on any atom is 0.291 e. The molecule has 3 rings (SSSR count). The smallest absolute Gasteiger partial charge is 0.291 e. The highest BCUT2D eigenvalue weighted by atomic mass is 35.5. The Kier molecular flexibility index (Phi) is 3.50. The van der Waals surface area contributed by atoms with Crippen LogP contribution >= 0.6 is 11.6 Å². The zero-order valence-electron chi connectivity index (χ0n) is 10.7. The molecule has 0 unspecified atom stereocenters. The van der Waals surface area contributed by atoms with Crippen LogP contribution in [-0.4, -0.2) is 27.5 Å².